The molecule has 0 aliphatic carbocycles. The molecule has 1 nitrogen and oxygen atoms in total. The average molecular weight is 104 g/mol. The van der Waals surface area contributed by atoms with Gasteiger partial charge < -0.3 is 5.11 Å². The molecule has 0 fully saturated rings. The molecule has 0 saturated heterocycles. The summed E-state index contributed by atoms with van der Waals surface area (Å²) in [6.45, 7) is 0. The molecule has 0 aliphatic rings. The van der Waals surface area contributed by atoms with E-state index >= 15 is 0 Å². The van der Waals surface area contributed by atoms with Crippen LogP contribution in [0.25, 0.3) is 0 Å². The molecule has 38 valence electrons. The lowest BCUT2D eigenvalue weighted by atomic mass is 9.97. The molecule has 2 heteroatoms. The fourth-order valence-corrected chi connectivity index (χ4v) is 0.525. The Kier molecular flexibility index (Phi) is 1.25. The molecular weight excluding hydrogens is 98.9 g/mol. The molecule has 1 aromatic rings. The monoisotopic (exact) mass is 104 g/mol. The van der Waals surface area contributed by atoms with Crippen molar-refractivity contribution in [3.05, 3.63) is 24.3 Å². The predicted octanol–water partition coefficient (Wildman–Crippen LogP) is 0.186. The summed E-state index contributed by atoms with van der Waals surface area (Å²) in [4.78, 5) is 0. The molecule has 8 heavy (non-hydrogen) atoms. The van der Waals surface area contributed by atoms with Gasteiger partial charge in [-0.2, -0.15) is 0 Å². The third kappa shape index (κ3) is 1.03. The molecule has 0 saturated carbocycles. The van der Waals surface area contributed by atoms with E-state index < -0.39 is 0 Å². The number of hydrogen-bond donors (Lipinski definition) is 1. The first-order valence-electron chi connectivity index (χ1n) is 2.33. The van der Waals surface area contributed by atoms with Crippen molar-refractivity contribution in [1.82, 2.24) is 0 Å². The van der Waals surface area contributed by atoms with Crippen molar-refractivity contribution in [3.8, 4) is 5.75 Å². The van der Waals surface area contributed by atoms with Crippen LogP contribution in [0.2, 0.25) is 0 Å². The SMILES string of the molecule is [B]c1cccc(O)c1. The fourth-order valence-electron chi connectivity index (χ4n) is 0.525. The third-order valence-electron chi connectivity index (χ3n) is 0.870. The molecule has 0 aliphatic heterocycles. The van der Waals surface area contributed by atoms with Crippen molar-refractivity contribution in [2.24, 2.45) is 0 Å². The Bertz CT molecular complexity index is 168. The molecule has 0 bridgehead atoms. The summed E-state index contributed by atoms with van der Waals surface area (Å²) < 4.78 is 0. The van der Waals surface area contributed by atoms with Gasteiger partial charge in [0, 0.05) is 0 Å². The molecule has 0 spiro atoms. The average Bonchev–Trinajstić information content (AvgIpc) is 1.64. The molecule has 1 rings (SSSR count). The highest BCUT2D eigenvalue weighted by Crippen LogP contribution is 2.00. The fraction of sp³-hybridized carbons (Fsp3) is 0. The van der Waals surface area contributed by atoms with Gasteiger partial charge in [0.2, 0.25) is 0 Å². The zero-order chi connectivity index (χ0) is 5.98. The lowest BCUT2D eigenvalue weighted by molar-refractivity contribution is 0.476. The van der Waals surface area contributed by atoms with E-state index in [-0.39, 0.29) is 5.75 Å². The van der Waals surface area contributed by atoms with Gasteiger partial charge in [-0.05, 0) is 12.1 Å². The summed E-state index contributed by atoms with van der Waals surface area (Å²) in [7, 11) is 5.30. The number of rotatable bonds is 0. The van der Waals surface area contributed by atoms with E-state index in [4.69, 9.17) is 13.0 Å². The summed E-state index contributed by atoms with van der Waals surface area (Å²) in [5.41, 5.74) is 0.588. The highest BCUT2D eigenvalue weighted by molar-refractivity contribution is 6.32. The molecule has 1 N–H and O–H groups in total. The summed E-state index contributed by atoms with van der Waals surface area (Å²) in [6.07, 6.45) is 0. The van der Waals surface area contributed by atoms with Crippen molar-refractivity contribution in [2.75, 3.05) is 0 Å². The minimum absolute atomic E-state index is 0.213. The number of benzene rings is 1. The first-order valence-corrected chi connectivity index (χ1v) is 2.33. The standard InChI is InChI=1S/C6H5BO/c7-5-2-1-3-6(8)4-5/h1-4,8H. The maximum absolute atomic E-state index is 8.73. The Morgan fingerprint density at radius 1 is 1.38 bits per heavy atom. The molecule has 0 aromatic heterocycles. The van der Waals surface area contributed by atoms with Crippen LogP contribution in [0.3, 0.4) is 0 Å². The predicted molar refractivity (Wildman–Crippen MR) is 33.5 cm³/mol. The molecular formula is C6H5BO. The highest BCUT2D eigenvalue weighted by Gasteiger charge is 1.82. The smallest absolute Gasteiger partial charge is 0.114 e. The Hall–Kier alpha value is -0.915. The zero-order valence-corrected chi connectivity index (χ0v) is 4.33. The lowest BCUT2D eigenvalue weighted by Crippen LogP contribution is -1.97. The second-order valence-electron chi connectivity index (χ2n) is 1.59. The Morgan fingerprint density at radius 3 is 2.50 bits per heavy atom. The van der Waals surface area contributed by atoms with E-state index in [0.717, 1.165) is 0 Å². The molecule has 1 aromatic carbocycles. The van der Waals surface area contributed by atoms with Crippen molar-refractivity contribution < 1.29 is 5.11 Å². The van der Waals surface area contributed by atoms with Crippen molar-refractivity contribution >= 4 is 13.3 Å². The Balaban J connectivity index is 3.08. The van der Waals surface area contributed by atoms with Crippen LogP contribution in [0.15, 0.2) is 24.3 Å². The van der Waals surface area contributed by atoms with E-state index in [9.17, 15) is 0 Å². The van der Waals surface area contributed by atoms with E-state index in [1.54, 1.807) is 18.2 Å². The van der Waals surface area contributed by atoms with Crippen LogP contribution in [0, 0.1) is 0 Å². The first-order chi connectivity index (χ1) is 3.79. The maximum Gasteiger partial charge on any atom is 0.114 e. The van der Waals surface area contributed by atoms with E-state index in [2.05, 4.69) is 0 Å². The van der Waals surface area contributed by atoms with Gasteiger partial charge in [-0.1, -0.05) is 17.6 Å². The van der Waals surface area contributed by atoms with Crippen molar-refractivity contribution in [3.63, 3.8) is 0 Å². The largest absolute Gasteiger partial charge is 0.508 e. The summed E-state index contributed by atoms with van der Waals surface area (Å²) in [6, 6.07) is 6.50. The second kappa shape index (κ2) is 1.91. The molecule has 2 radical (unpaired) electrons. The van der Waals surface area contributed by atoms with Crippen LogP contribution in [0.1, 0.15) is 0 Å². The summed E-state index contributed by atoms with van der Waals surface area (Å²) >= 11 is 0. The van der Waals surface area contributed by atoms with Gasteiger partial charge in [0.1, 0.15) is 13.6 Å². The van der Waals surface area contributed by atoms with Gasteiger partial charge in [0.25, 0.3) is 0 Å². The number of hydrogen-bond acceptors (Lipinski definition) is 1. The molecule has 0 amide bonds. The van der Waals surface area contributed by atoms with Crippen LogP contribution < -0.4 is 5.46 Å². The zero-order valence-electron chi connectivity index (χ0n) is 4.33. The lowest BCUT2D eigenvalue weighted by Gasteiger charge is -1.90. The Labute approximate surface area is 49.4 Å². The minimum atomic E-state index is 0.213. The molecule has 0 unspecified atom stereocenters. The summed E-state index contributed by atoms with van der Waals surface area (Å²) in [5, 5.41) is 8.73. The van der Waals surface area contributed by atoms with Crippen LogP contribution in [-0.2, 0) is 0 Å². The van der Waals surface area contributed by atoms with Gasteiger partial charge in [-0.3, -0.25) is 0 Å². The quantitative estimate of drug-likeness (QED) is 0.465. The van der Waals surface area contributed by atoms with Gasteiger partial charge >= 0.3 is 0 Å². The topological polar surface area (TPSA) is 20.2 Å². The first kappa shape index (κ1) is 5.23. The third-order valence-corrected chi connectivity index (χ3v) is 0.870. The van der Waals surface area contributed by atoms with Gasteiger partial charge in [0.05, 0.1) is 0 Å². The van der Waals surface area contributed by atoms with Gasteiger partial charge in [-0.15, -0.1) is 0 Å². The minimum Gasteiger partial charge on any atom is -0.508 e. The van der Waals surface area contributed by atoms with Crippen LogP contribution >= 0.6 is 0 Å². The maximum atomic E-state index is 8.73. The van der Waals surface area contributed by atoms with Crippen LogP contribution in [-0.4, -0.2) is 13.0 Å². The van der Waals surface area contributed by atoms with Crippen LogP contribution in [0.4, 0.5) is 0 Å². The van der Waals surface area contributed by atoms with Gasteiger partial charge in [-0.25, -0.2) is 0 Å². The number of aromatic hydroxyl groups is 1. The summed E-state index contributed by atoms with van der Waals surface area (Å²) in [5.74, 6) is 0.213. The van der Waals surface area contributed by atoms with Crippen molar-refractivity contribution in [2.45, 2.75) is 0 Å². The number of phenols is 1. The second-order valence-corrected chi connectivity index (χ2v) is 1.59. The van der Waals surface area contributed by atoms with Crippen molar-refractivity contribution in [1.29, 1.82) is 0 Å². The highest BCUT2D eigenvalue weighted by atomic mass is 16.3. The molecule has 0 atom stereocenters. The molecule has 0 heterocycles. The van der Waals surface area contributed by atoms with E-state index in [1.807, 2.05) is 0 Å². The Morgan fingerprint density at radius 2 is 2.12 bits per heavy atom. The number of phenolic OH excluding ortho intramolecular Hbond substituents is 1. The normalized spacial score (nSPS) is 9.00. The van der Waals surface area contributed by atoms with E-state index in [0.29, 0.717) is 5.46 Å². The van der Waals surface area contributed by atoms with E-state index in [1.165, 1.54) is 6.07 Å². The van der Waals surface area contributed by atoms with Gasteiger partial charge in [0.15, 0.2) is 0 Å². The van der Waals surface area contributed by atoms with Crippen LogP contribution in [0.5, 0.6) is 5.75 Å².